The van der Waals surface area contributed by atoms with Gasteiger partial charge in [0.2, 0.25) is 0 Å². The molecule has 0 aromatic heterocycles. The topological polar surface area (TPSA) is 3.24 Å². The van der Waals surface area contributed by atoms with Crippen molar-refractivity contribution in [3.8, 4) is 12.3 Å². The van der Waals surface area contributed by atoms with Crippen LogP contribution in [-0.4, -0.2) is 36.4 Å². The van der Waals surface area contributed by atoms with Crippen LogP contribution >= 0.6 is 10.9 Å². The molecule has 0 saturated carbocycles. The molecular formula is C8H17NS. The highest BCUT2D eigenvalue weighted by atomic mass is 32.2. The van der Waals surface area contributed by atoms with Crippen molar-refractivity contribution < 1.29 is 0 Å². The molecule has 1 nitrogen and oxygen atoms in total. The Labute approximate surface area is 67.1 Å². The molecular weight excluding hydrogens is 142 g/mol. The molecule has 0 fully saturated rings. The van der Waals surface area contributed by atoms with Gasteiger partial charge in [0, 0.05) is 0 Å². The van der Waals surface area contributed by atoms with Crippen molar-refractivity contribution in [1.82, 2.24) is 4.90 Å². The van der Waals surface area contributed by atoms with Crippen LogP contribution in [0.1, 0.15) is 6.92 Å². The van der Waals surface area contributed by atoms with Gasteiger partial charge in [-0.1, -0.05) is 12.8 Å². The van der Waals surface area contributed by atoms with Crippen LogP contribution in [0, 0.1) is 12.3 Å². The first-order chi connectivity index (χ1) is 4.63. The molecule has 0 aromatic rings. The molecule has 1 atom stereocenters. The first-order valence-electron chi connectivity index (χ1n) is 3.46. The van der Waals surface area contributed by atoms with Gasteiger partial charge in [-0.05, 0) is 26.1 Å². The van der Waals surface area contributed by atoms with Gasteiger partial charge >= 0.3 is 0 Å². The van der Waals surface area contributed by atoms with Gasteiger partial charge in [-0.3, -0.25) is 4.90 Å². The lowest BCUT2D eigenvalue weighted by Gasteiger charge is -2.27. The predicted molar refractivity (Wildman–Crippen MR) is 51.8 cm³/mol. The number of hydrogen-bond acceptors (Lipinski definition) is 1. The van der Waals surface area contributed by atoms with Crippen LogP contribution in [0.3, 0.4) is 0 Å². The molecule has 0 bridgehead atoms. The molecule has 0 amide bonds. The smallest absolute Gasteiger partial charge is 0.0996 e. The van der Waals surface area contributed by atoms with E-state index in [1.54, 1.807) is 0 Å². The lowest BCUT2D eigenvalue weighted by Crippen LogP contribution is -2.29. The minimum absolute atomic E-state index is 0.0194. The van der Waals surface area contributed by atoms with E-state index in [0.717, 1.165) is 6.54 Å². The fourth-order valence-corrected chi connectivity index (χ4v) is 2.09. The van der Waals surface area contributed by atoms with Gasteiger partial charge < -0.3 is 0 Å². The molecule has 1 unspecified atom stereocenters. The zero-order chi connectivity index (χ0) is 8.15. The fraction of sp³-hybridized carbons (Fsp3) is 0.750. The Morgan fingerprint density at radius 2 is 2.10 bits per heavy atom. The summed E-state index contributed by atoms with van der Waals surface area (Å²) in [6, 6.07) is 0. The lowest BCUT2D eigenvalue weighted by atomic mass is 10.5. The summed E-state index contributed by atoms with van der Waals surface area (Å²) in [6.07, 6.45) is 9.80. The third-order valence-corrected chi connectivity index (χ3v) is 3.08. The Bertz CT molecular complexity index is 126. The minimum atomic E-state index is -0.0194. The Morgan fingerprint density at radius 1 is 1.60 bits per heavy atom. The van der Waals surface area contributed by atoms with Gasteiger partial charge in [-0.2, -0.15) is 0 Å². The normalized spacial score (nSPS) is 14.6. The largest absolute Gasteiger partial charge is 0.286 e. The van der Waals surface area contributed by atoms with Gasteiger partial charge in [-0.25, -0.2) is 10.9 Å². The van der Waals surface area contributed by atoms with E-state index >= 15 is 0 Å². The molecule has 0 heterocycles. The van der Waals surface area contributed by atoms with Gasteiger partial charge in [-0.15, -0.1) is 6.42 Å². The maximum absolute atomic E-state index is 5.37. The number of nitrogens with zero attached hydrogens (tertiary/aromatic N) is 1. The third-order valence-electron chi connectivity index (χ3n) is 1.55. The number of terminal acetylenes is 1. The summed E-state index contributed by atoms with van der Waals surface area (Å²) in [7, 11) is 2.06. The molecule has 10 heavy (non-hydrogen) atoms. The van der Waals surface area contributed by atoms with Crippen LogP contribution < -0.4 is 0 Å². The Balaban J connectivity index is 3.96. The molecule has 0 aliphatic heterocycles. The summed E-state index contributed by atoms with van der Waals surface area (Å²) >= 11 is 0. The van der Waals surface area contributed by atoms with Crippen LogP contribution in [0.25, 0.3) is 0 Å². The fourth-order valence-electron chi connectivity index (χ4n) is 0.843. The second kappa shape index (κ2) is 4.65. The van der Waals surface area contributed by atoms with Crippen molar-refractivity contribution in [1.29, 1.82) is 0 Å². The van der Waals surface area contributed by atoms with Gasteiger partial charge in [0.05, 0.1) is 5.37 Å². The average Bonchev–Trinajstić information content (AvgIpc) is 1.88. The Kier molecular flexibility index (Phi) is 4.59. The van der Waals surface area contributed by atoms with E-state index in [0.29, 0.717) is 5.37 Å². The summed E-state index contributed by atoms with van der Waals surface area (Å²) < 4.78 is 0. The van der Waals surface area contributed by atoms with Gasteiger partial charge in [0.25, 0.3) is 0 Å². The van der Waals surface area contributed by atoms with Gasteiger partial charge in [0.1, 0.15) is 0 Å². The summed E-state index contributed by atoms with van der Waals surface area (Å²) in [5.41, 5.74) is 0. The zero-order valence-corrected chi connectivity index (χ0v) is 8.15. The standard InChI is InChI=1S/C8H17NS/c1-6-8(10(4)5)9(3)7-2/h1,8,10H,7H2,2-5H3. The van der Waals surface area contributed by atoms with Crippen molar-refractivity contribution >= 4 is 10.9 Å². The summed E-state index contributed by atoms with van der Waals surface area (Å²) in [4.78, 5) is 2.21. The molecule has 0 radical (unpaired) electrons. The van der Waals surface area contributed by atoms with Crippen molar-refractivity contribution in [3.63, 3.8) is 0 Å². The summed E-state index contributed by atoms with van der Waals surface area (Å²) in [5, 5.41) is 0.361. The SMILES string of the molecule is C#CC(N(C)CC)[SH](C)C. The predicted octanol–water partition coefficient (Wildman–Crippen LogP) is 1.16. The van der Waals surface area contributed by atoms with Crippen LogP contribution in [-0.2, 0) is 0 Å². The number of rotatable bonds is 3. The van der Waals surface area contributed by atoms with E-state index in [1.165, 1.54) is 0 Å². The maximum atomic E-state index is 5.37. The van der Waals surface area contributed by atoms with Crippen molar-refractivity contribution in [2.45, 2.75) is 12.3 Å². The number of hydrogen-bond donors (Lipinski definition) is 1. The second-order valence-electron chi connectivity index (χ2n) is 2.58. The minimum Gasteiger partial charge on any atom is -0.286 e. The van der Waals surface area contributed by atoms with Crippen LogP contribution in [0.4, 0.5) is 0 Å². The van der Waals surface area contributed by atoms with E-state index in [-0.39, 0.29) is 10.9 Å². The molecule has 2 heteroatoms. The average molecular weight is 159 g/mol. The highest BCUT2D eigenvalue weighted by Crippen LogP contribution is 2.23. The van der Waals surface area contributed by atoms with Crippen LogP contribution in [0.5, 0.6) is 0 Å². The lowest BCUT2D eigenvalue weighted by molar-refractivity contribution is 0.373. The highest BCUT2D eigenvalue weighted by molar-refractivity contribution is 8.16. The molecule has 0 N–H and O–H groups in total. The van der Waals surface area contributed by atoms with E-state index in [9.17, 15) is 0 Å². The van der Waals surface area contributed by atoms with Crippen molar-refractivity contribution in [2.24, 2.45) is 0 Å². The molecule has 0 aliphatic carbocycles. The zero-order valence-electron chi connectivity index (χ0n) is 7.26. The summed E-state index contributed by atoms with van der Waals surface area (Å²) in [6.45, 7) is 3.17. The van der Waals surface area contributed by atoms with Crippen molar-refractivity contribution in [2.75, 3.05) is 26.1 Å². The van der Waals surface area contributed by atoms with Crippen LogP contribution in [0.15, 0.2) is 0 Å². The quantitative estimate of drug-likeness (QED) is 0.478. The molecule has 60 valence electrons. The Morgan fingerprint density at radius 3 is 2.20 bits per heavy atom. The molecule has 0 spiro atoms. The van der Waals surface area contributed by atoms with Gasteiger partial charge in [0.15, 0.2) is 0 Å². The highest BCUT2D eigenvalue weighted by Gasteiger charge is 2.10. The van der Waals surface area contributed by atoms with E-state index in [4.69, 9.17) is 6.42 Å². The van der Waals surface area contributed by atoms with E-state index in [2.05, 4.69) is 37.3 Å². The first-order valence-corrected chi connectivity index (χ1v) is 5.76. The first kappa shape index (κ1) is 9.87. The second-order valence-corrected chi connectivity index (χ2v) is 4.99. The molecule has 0 rings (SSSR count). The maximum Gasteiger partial charge on any atom is 0.0996 e. The monoisotopic (exact) mass is 159 g/mol. The van der Waals surface area contributed by atoms with E-state index in [1.807, 2.05) is 0 Å². The van der Waals surface area contributed by atoms with Crippen molar-refractivity contribution in [3.05, 3.63) is 0 Å². The molecule has 0 aromatic carbocycles. The molecule has 0 saturated heterocycles. The molecule has 0 aliphatic rings. The van der Waals surface area contributed by atoms with E-state index < -0.39 is 0 Å². The number of thiol groups is 1. The summed E-state index contributed by atoms with van der Waals surface area (Å²) in [5.74, 6) is 2.81. The van der Waals surface area contributed by atoms with Crippen LogP contribution in [0.2, 0.25) is 0 Å². The Hall–Kier alpha value is -0.130. The third kappa shape index (κ3) is 2.64.